The second-order valence-corrected chi connectivity index (χ2v) is 8.11. The van der Waals surface area contributed by atoms with E-state index < -0.39 is 0 Å². The van der Waals surface area contributed by atoms with Gasteiger partial charge in [0.25, 0.3) is 0 Å². The van der Waals surface area contributed by atoms with Crippen LogP contribution in [0.15, 0.2) is 47.6 Å². The van der Waals surface area contributed by atoms with Crippen molar-refractivity contribution in [1.82, 2.24) is 14.8 Å². The topological polar surface area (TPSA) is 98.1 Å². The van der Waals surface area contributed by atoms with Crippen LogP contribution in [0.1, 0.15) is 11.4 Å². The van der Waals surface area contributed by atoms with E-state index >= 15 is 0 Å². The number of methoxy groups -OCH3 is 1. The lowest BCUT2D eigenvalue weighted by atomic mass is 10.2. The van der Waals surface area contributed by atoms with E-state index in [4.69, 9.17) is 16.3 Å². The molecule has 1 aromatic heterocycles. The maximum absolute atomic E-state index is 12.4. The Hall–Kier alpha value is -3.04. The predicted molar refractivity (Wildman–Crippen MR) is 122 cm³/mol. The number of amides is 2. The number of thioether (sulfide) groups is 1. The van der Waals surface area contributed by atoms with Crippen LogP contribution in [0, 0.1) is 6.92 Å². The summed E-state index contributed by atoms with van der Waals surface area (Å²) in [5, 5.41) is 14.9. The Morgan fingerprint density at radius 2 is 1.84 bits per heavy atom. The molecule has 0 spiro atoms. The Bertz CT molecular complexity index is 1090. The minimum Gasteiger partial charge on any atom is -0.495 e. The largest absolute Gasteiger partial charge is 0.495 e. The Morgan fingerprint density at radius 1 is 1.10 bits per heavy atom. The van der Waals surface area contributed by atoms with Crippen LogP contribution in [-0.4, -0.2) is 39.4 Å². The first-order valence-electron chi connectivity index (χ1n) is 9.36. The van der Waals surface area contributed by atoms with Gasteiger partial charge >= 0.3 is 0 Å². The lowest BCUT2D eigenvalue weighted by Crippen LogP contribution is -2.17. The maximum atomic E-state index is 12.4. The van der Waals surface area contributed by atoms with Crippen LogP contribution < -0.4 is 15.4 Å². The van der Waals surface area contributed by atoms with Crippen LogP contribution in [0.25, 0.3) is 0 Å². The number of aryl methyl sites for hydroxylation is 1. The van der Waals surface area contributed by atoms with E-state index in [0.29, 0.717) is 33.1 Å². The summed E-state index contributed by atoms with van der Waals surface area (Å²) in [5.74, 6) is 0.809. The normalized spacial score (nSPS) is 10.6. The van der Waals surface area contributed by atoms with E-state index in [1.54, 1.807) is 43.0 Å². The molecule has 0 aliphatic heterocycles. The standard InChI is InChI=1S/C21H22ClN5O3S/c1-13-4-9-17(30-3)16(10-13)24-20(29)12-31-21-26-25-18(27(21)2)11-19(28)23-15-7-5-14(22)6-8-15/h4-10H,11-12H2,1-3H3,(H,23,28)(H,24,29). The van der Waals surface area contributed by atoms with Crippen molar-refractivity contribution in [2.45, 2.75) is 18.5 Å². The van der Waals surface area contributed by atoms with Gasteiger partial charge < -0.3 is 19.9 Å². The Labute approximate surface area is 189 Å². The summed E-state index contributed by atoms with van der Waals surface area (Å²) in [6, 6.07) is 12.4. The Balaban J connectivity index is 1.55. The van der Waals surface area contributed by atoms with Gasteiger partial charge in [0.2, 0.25) is 11.8 Å². The first-order valence-corrected chi connectivity index (χ1v) is 10.7. The number of nitrogens with one attached hydrogen (secondary N) is 2. The number of aromatic nitrogens is 3. The fourth-order valence-corrected chi connectivity index (χ4v) is 3.60. The molecule has 0 radical (unpaired) electrons. The van der Waals surface area contributed by atoms with Gasteiger partial charge in [0.15, 0.2) is 5.16 Å². The fourth-order valence-electron chi connectivity index (χ4n) is 2.74. The van der Waals surface area contributed by atoms with Crippen LogP contribution in [0.2, 0.25) is 5.02 Å². The van der Waals surface area contributed by atoms with Crippen LogP contribution >= 0.6 is 23.4 Å². The van der Waals surface area contributed by atoms with E-state index in [1.807, 2.05) is 25.1 Å². The van der Waals surface area contributed by atoms with Gasteiger partial charge in [0.05, 0.1) is 25.0 Å². The van der Waals surface area contributed by atoms with E-state index in [0.717, 1.165) is 5.56 Å². The van der Waals surface area contributed by atoms with Gasteiger partial charge in [-0.1, -0.05) is 29.4 Å². The number of hydrogen-bond acceptors (Lipinski definition) is 6. The average molecular weight is 460 g/mol. The summed E-state index contributed by atoms with van der Waals surface area (Å²) in [6.07, 6.45) is 0.0549. The predicted octanol–water partition coefficient (Wildman–Crippen LogP) is 3.70. The van der Waals surface area contributed by atoms with Crippen molar-refractivity contribution in [1.29, 1.82) is 0 Å². The third-order valence-electron chi connectivity index (χ3n) is 4.33. The number of halogens is 1. The zero-order valence-corrected chi connectivity index (χ0v) is 18.9. The molecular weight excluding hydrogens is 438 g/mol. The first-order chi connectivity index (χ1) is 14.9. The van der Waals surface area contributed by atoms with Crippen molar-refractivity contribution in [3.63, 3.8) is 0 Å². The third kappa shape index (κ3) is 6.22. The van der Waals surface area contributed by atoms with Crippen molar-refractivity contribution in [3.05, 3.63) is 58.9 Å². The molecule has 31 heavy (non-hydrogen) atoms. The highest BCUT2D eigenvalue weighted by atomic mass is 35.5. The molecule has 1 heterocycles. The third-order valence-corrected chi connectivity index (χ3v) is 5.61. The van der Waals surface area contributed by atoms with E-state index in [2.05, 4.69) is 20.8 Å². The zero-order chi connectivity index (χ0) is 22.4. The highest BCUT2D eigenvalue weighted by Gasteiger charge is 2.15. The SMILES string of the molecule is COc1ccc(C)cc1NC(=O)CSc1nnc(CC(=O)Nc2ccc(Cl)cc2)n1C. The van der Waals surface area contributed by atoms with E-state index in [1.165, 1.54) is 11.8 Å². The van der Waals surface area contributed by atoms with E-state index in [-0.39, 0.29) is 24.0 Å². The summed E-state index contributed by atoms with van der Waals surface area (Å²) >= 11 is 7.09. The molecule has 2 amide bonds. The molecular formula is C21H22ClN5O3S. The summed E-state index contributed by atoms with van der Waals surface area (Å²) in [4.78, 5) is 24.6. The summed E-state index contributed by atoms with van der Waals surface area (Å²) in [7, 11) is 3.31. The molecule has 0 atom stereocenters. The van der Waals surface area contributed by atoms with Gasteiger partial charge in [-0.15, -0.1) is 10.2 Å². The molecule has 0 aliphatic rings. The van der Waals surface area contributed by atoms with Crippen LogP contribution in [-0.2, 0) is 23.1 Å². The quantitative estimate of drug-likeness (QED) is 0.498. The molecule has 0 unspecified atom stereocenters. The molecule has 0 bridgehead atoms. The number of benzene rings is 2. The maximum Gasteiger partial charge on any atom is 0.234 e. The highest BCUT2D eigenvalue weighted by molar-refractivity contribution is 7.99. The molecule has 3 rings (SSSR count). The smallest absolute Gasteiger partial charge is 0.234 e. The van der Waals surface area contributed by atoms with Crippen LogP contribution in [0.3, 0.4) is 0 Å². The summed E-state index contributed by atoms with van der Waals surface area (Å²) in [5.41, 5.74) is 2.28. The first kappa shape index (κ1) is 22.6. The number of nitrogens with zero attached hydrogens (tertiary/aromatic N) is 3. The fraction of sp³-hybridized carbons (Fsp3) is 0.238. The number of carbonyl (C=O) groups is 2. The molecule has 0 aliphatic carbocycles. The molecule has 8 nitrogen and oxygen atoms in total. The second kappa shape index (κ2) is 10.3. The molecule has 10 heteroatoms. The van der Waals surface area contributed by atoms with Crippen molar-refractivity contribution in [3.8, 4) is 5.75 Å². The second-order valence-electron chi connectivity index (χ2n) is 6.73. The lowest BCUT2D eigenvalue weighted by Gasteiger charge is -2.11. The number of ether oxygens (including phenoxy) is 1. The minimum atomic E-state index is -0.223. The molecule has 0 fully saturated rings. The van der Waals surface area contributed by atoms with Crippen molar-refractivity contribution < 1.29 is 14.3 Å². The van der Waals surface area contributed by atoms with Crippen molar-refractivity contribution in [2.75, 3.05) is 23.5 Å². The lowest BCUT2D eigenvalue weighted by molar-refractivity contribution is -0.116. The Morgan fingerprint density at radius 3 is 2.55 bits per heavy atom. The van der Waals surface area contributed by atoms with Gasteiger partial charge in [0.1, 0.15) is 11.6 Å². The van der Waals surface area contributed by atoms with Gasteiger partial charge in [-0.2, -0.15) is 0 Å². The minimum absolute atomic E-state index is 0.0549. The van der Waals surface area contributed by atoms with Gasteiger partial charge in [-0.05, 0) is 48.9 Å². The molecule has 3 aromatic rings. The van der Waals surface area contributed by atoms with Crippen molar-refractivity contribution in [2.24, 2.45) is 7.05 Å². The van der Waals surface area contributed by atoms with Gasteiger partial charge in [0, 0.05) is 17.8 Å². The van der Waals surface area contributed by atoms with Crippen LogP contribution in [0.4, 0.5) is 11.4 Å². The van der Waals surface area contributed by atoms with Gasteiger partial charge in [-0.25, -0.2) is 0 Å². The number of rotatable bonds is 8. The molecule has 0 saturated carbocycles. The average Bonchev–Trinajstić information content (AvgIpc) is 3.07. The Kier molecular flexibility index (Phi) is 7.54. The molecule has 0 saturated heterocycles. The monoisotopic (exact) mass is 459 g/mol. The zero-order valence-electron chi connectivity index (χ0n) is 17.3. The number of carbonyl (C=O) groups excluding carboxylic acids is 2. The van der Waals surface area contributed by atoms with Gasteiger partial charge in [-0.3, -0.25) is 9.59 Å². The molecule has 2 aromatic carbocycles. The summed E-state index contributed by atoms with van der Waals surface area (Å²) in [6.45, 7) is 1.94. The number of anilines is 2. The number of hydrogen-bond donors (Lipinski definition) is 2. The van der Waals surface area contributed by atoms with Crippen molar-refractivity contribution >= 4 is 46.6 Å². The summed E-state index contributed by atoms with van der Waals surface area (Å²) < 4.78 is 6.98. The molecule has 2 N–H and O–H groups in total. The van der Waals surface area contributed by atoms with E-state index in [9.17, 15) is 9.59 Å². The van der Waals surface area contributed by atoms with Crippen LogP contribution in [0.5, 0.6) is 5.75 Å². The molecule has 162 valence electrons. The highest BCUT2D eigenvalue weighted by Crippen LogP contribution is 2.26.